The molecular formula is C16H11NO4. The van der Waals surface area contributed by atoms with Crippen molar-refractivity contribution >= 4 is 22.6 Å². The van der Waals surface area contributed by atoms with Gasteiger partial charge in [-0.3, -0.25) is 4.79 Å². The van der Waals surface area contributed by atoms with Crippen LogP contribution in [-0.4, -0.2) is 11.0 Å². The van der Waals surface area contributed by atoms with Crippen molar-refractivity contribution in [2.45, 2.75) is 0 Å². The van der Waals surface area contributed by atoms with Crippen molar-refractivity contribution < 1.29 is 14.3 Å². The molecule has 0 aliphatic rings. The van der Waals surface area contributed by atoms with Crippen molar-refractivity contribution in [1.29, 1.82) is 0 Å². The van der Waals surface area contributed by atoms with Gasteiger partial charge in [0.1, 0.15) is 16.9 Å². The van der Waals surface area contributed by atoms with Gasteiger partial charge >= 0.3 is 5.63 Å². The zero-order valence-corrected chi connectivity index (χ0v) is 10.9. The summed E-state index contributed by atoms with van der Waals surface area (Å²) in [6, 6.07) is 14.6. The number of carbonyl (C=O) groups excluding carboxylic acids is 1. The first-order chi connectivity index (χ1) is 10.1. The summed E-state index contributed by atoms with van der Waals surface area (Å²) >= 11 is 0. The molecule has 2 N–H and O–H groups in total. The first-order valence-electron chi connectivity index (χ1n) is 6.27. The van der Waals surface area contributed by atoms with Crippen LogP contribution in [0.5, 0.6) is 5.75 Å². The lowest BCUT2D eigenvalue weighted by Gasteiger charge is -2.05. The maximum absolute atomic E-state index is 12.1. The van der Waals surface area contributed by atoms with Gasteiger partial charge in [0.05, 0.1) is 0 Å². The van der Waals surface area contributed by atoms with Crippen LogP contribution >= 0.6 is 0 Å². The number of phenolic OH excluding ortho intramolecular Hbond substituents is 1. The lowest BCUT2D eigenvalue weighted by atomic mass is 10.1. The van der Waals surface area contributed by atoms with Crippen LogP contribution in [0.4, 0.5) is 5.69 Å². The van der Waals surface area contributed by atoms with E-state index in [9.17, 15) is 14.7 Å². The van der Waals surface area contributed by atoms with Crippen LogP contribution in [0.3, 0.4) is 0 Å². The SMILES string of the molecule is O=C(Nc1ccccc1)c1cc2ccc(O)cc2oc1=O. The first kappa shape index (κ1) is 12.9. The quantitative estimate of drug-likeness (QED) is 0.708. The van der Waals surface area contributed by atoms with Gasteiger partial charge in [0.25, 0.3) is 5.91 Å². The third kappa shape index (κ3) is 2.62. The Kier molecular flexibility index (Phi) is 3.16. The molecule has 2 aromatic carbocycles. The number of para-hydroxylation sites is 1. The molecule has 0 aliphatic heterocycles. The Morgan fingerprint density at radius 3 is 2.57 bits per heavy atom. The van der Waals surface area contributed by atoms with E-state index in [1.807, 2.05) is 6.07 Å². The van der Waals surface area contributed by atoms with Crippen LogP contribution in [0, 0.1) is 0 Å². The minimum atomic E-state index is -0.749. The van der Waals surface area contributed by atoms with Crippen LogP contribution < -0.4 is 10.9 Å². The summed E-state index contributed by atoms with van der Waals surface area (Å²) in [6.07, 6.45) is 0. The van der Waals surface area contributed by atoms with E-state index in [1.165, 1.54) is 18.2 Å². The average Bonchev–Trinajstić information content (AvgIpc) is 2.47. The highest BCUT2D eigenvalue weighted by Gasteiger charge is 2.14. The monoisotopic (exact) mass is 281 g/mol. The van der Waals surface area contributed by atoms with Crippen LogP contribution in [0.1, 0.15) is 10.4 Å². The van der Waals surface area contributed by atoms with Gasteiger partial charge in [-0.05, 0) is 30.3 Å². The lowest BCUT2D eigenvalue weighted by Crippen LogP contribution is -2.20. The number of anilines is 1. The predicted molar refractivity (Wildman–Crippen MR) is 78.5 cm³/mol. The van der Waals surface area contributed by atoms with Gasteiger partial charge in [-0.15, -0.1) is 0 Å². The summed E-state index contributed by atoms with van der Waals surface area (Å²) < 4.78 is 5.06. The van der Waals surface area contributed by atoms with Crippen LogP contribution in [0.15, 0.2) is 63.8 Å². The Morgan fingerprint density at radius 2 is 1.81 bits per heavy atom. The molecule has 0 aliphatic carbocycles. The largest absolute Gasteiger partial charge is 0.508 e. The molecule has 0 fully saturated rings. The van der Waals surface area contributed by atoms with Crippen molar-refractivity contribution in [3.8, 4) is 5.75 Å². The maximum atomic E-state index is 12.1. The second-order valence-electron chi connectivity index (χ2n) is 4.49. The van der Waals surface area contributed by atoms with E-state index in [2.05, 4.69) is 5.32 Å². The van der Waals surface area contributed by atoms with E-state index in [4.69, 9.17) is 4.42 Å². The molecule has 0 radical (unpaired) electrons. The summed E-state index contributed by atoms with van der Waals surface area (Å²) in [4.78, 5) is 24.0. The third-order valence-electron chi connectivity index (χ3n) is 3.00. The molecule has 1 amide bonds. The van der Waals surface area contributed by atoms with Gasteiger partial charge in [0.15, 0.2) is 0 Å². The van der Waals surface area contributed by atoms with Gasteiger partial charge in [0, 0.05) is 17.1 Å². The molecule has 104 valence electrons. The minimum Gasteiger partial charge on any atom is -0.508 e. The second-order valence-corrected chi connectivity index (χ2v) is 4.49. The third-order valence-corrected chi connectivity index (χ3v) is 3.00. The van der Waals surface area contributed by atoms with Crippen molar-refractivity contribution in [2.75, 3.05) is 5.32 Å². The number of nitrogens with one attached hydrogen (secondary N) is 1. The predicted octanol–water partition coefficient (Wildman–Crippen LogP) is 2.75. The van der Waals surface area contributed by atoms with E-state index in [-0.39, 0.29) is 16.9 Å². The Balaban J connectivity index is 2.00. The number of hydrogen-bond donors (Lipinski definition) is 2. The standard InChI is InChI=1S/C16H11NO4/c18-12-7-6-10-8-13(16(20)21-14(10)9-12)15(19)17-11-4-2-1-3-5-11/h1-9,18H,(H,17,19). The molecule has 5 nitrogen and oxygen atoms in total. The molecule has 0 saturated heterocycles. The number of fused-ring (bicyclic) bond motifs is 1. The Hall–Kier alpha value is -3.08. The highest BCUT2D eigenvalue weighted by atomic mass is 16.4. The molecule has 0 saturated carbocycles. The molecular weight excluding hydrogens is 270 g/mol. The van der Waals surface area contributed by atoms with Gasteiger partial charge in [0.2, 0.25) is 0 Å². The number of carbonyl (C=O) groups is 1. The molecule has 1 aromatic heterocycles. The topological polar surface area (TPSA) is 79.5 Å². The molecule has 1 heterocycles. The van der Waals surface area contributed by atoms with Gasteiger partial charge in [-0.2, -0.15) is 0 Å². The van der Waals surface area contributed by atoms with Crippen molar-refractivity contribution in [3.05, 3.63) is 70.6 Å². The summed E-state index contributed by atoms with van der Waals surface area (Å²) in [5, 5.41) is 12.5. The minimum absolute atomic E-state index is 0.00728. The highest BCUT2D eigenvalue weighted by molar-refractivity contribution is 6.05. The Bertz CT molecular complexity index is 868. The van der Waals surface area contributed by atoms with E-state index >= 15 is 0 Å². The lowest BCUT2D eigenvalue weighted by molar-refractivity contribution is 0.102. The summed E-state index contributed by atoms with van der Waals surface area (Å²) in [7, 11) is 0. The number of benzene rings is 2. The van der Waals surface area contributed by atoms with Crippen LogP contribution in [0.2, 0.25) is 0 Å². The molecule has 0 unspecified atom stereocenters. The fraction of sp³-hybridized carbons (Fsp3) is 0. The maximum Gasteiger partial charge on any atom is 0.349 e. The average molecular weight is 281 g/mol. The van der Waals surface area contributed by atoms with E-state index in [0.29, 0.717) is 11.1 Å². The van der Waals surface area contributed by atoms with E-state index in [1.54, 1.807) is 30.3 Å². The number of amides is 1. The van der Waals surface area contributed by atoms with E-state index in [0.717, 1.165) is 0 Å². The summed E-state index contributed by atoms with van der Waals surface area (Å²) in [5.74, 6) is -0.544. The van der Waals surface area contributed by atoms with Gasteiger partial charge in [-0.25, -0.2) is 4.79 Å². The van der Waals surface area contributed by atoms with Crippen molar-refractivity contribution in [3.63, 3.8) is 0 Å². The second kappa shape index (κ2) is 5.13. The van der Waals surface area contributed by atoms with Crippen molar-refractivity contribution in [1.82, 2.24) is 0 Å². The summed E-state index contributed by atoms with van der Waals surface area (Å²) in [5.41, 5.74) is -0.0115. The number of aromatic hydroxyl groups is 1. The molecule has 3 rings (SSSR count). The smallest absolute Gasteiger partial charge is 0.349 e. The molecule has 5 heteroatoms. The number of phenols is 1. The van der Waals surface area contributed by atoms with Crippen molar-refractivity contribution in [2.24, 2.45) is 0 Å². The molecule has 0 atom stereocenters. The molecule has 21 heavy (non-hydrogen) atoms. The van der Waals surface area contributed by atoms with E-state index < -0.39 is 11.5 Å². The summed E-state index contributed by atoms with van der Waals surface area (Å²) in [6.45, 7) is 0. The fourth-order valence-corrected chi connectivity index (χ4v) is 1.98. The Labute approximate surface area is 119 Å². The first-order valence-corrected chi connectivity index (χ1v) is 6.27. The zero-order valence-electron chi connectivity index (χ0n) is 10.9. The normalized spacial score (nSPS) is 10.5. The zero-order chi connectivity index (χ0) is 14.8. The van der Waals surface area contributed by atoms with Crippen LogP contribution in [-0.2, 0) is 0 Å². The van der Waals surface area contributed by atoms with Gasteiger partial charge in [-0.1, -0.05) is 18.2 Å². The molecule has 3 aromatic rings. The number of rotatable bonds is 2. The fourth-order valence-electron chi connectivity index (χ4n) is 1.98. The number of hydrogen-bond acceptors (Lipinski definition) is 4. The molecule has 0 spiro atoms. The Morgan fingerprint density at radius 1 is 1.05 bits per heavy atom. The van der Waals surface area contributed by atoms with Crippen LogP contribution in [0.25, 0.3) is 11.0 Å². The highest BCUT2D eigenvalue weighted by Crippen LogP contribution is 2.19. The molecule has 0 bridgehead atoms. The van der Waals surface area contributed by atoms with Gasteiger partial charge < -0.3 is 14.8 Å².